The molecule has 0 aromatic heterocycles. The maximum Gasteiger partial charge on any atom is 0.416 e. The quantitative estimate of drug-likeness (QED) is 0.451. The van der Waals surface area contributed by atoms with Crippen LogP contribution in [0.3, 0.4) is 0 Å². The van der Waals surface area contributed by atoms with E-state index in [1.54, 1.807) is 0 Å². The van der Waals surface area contributed by atoms with Gasteiger partial charge < -0.3 is 5.11 Å². The number of hydrogen-bond acceptors (Lipinski definition) is 3. The van der Waals surface area contributed by atoms with Gasteiger partial charge >= 0.3 is 12.1 Å². The van der Waals surface area contributed by atoms with E-state index < -0.39 is 57.9 Å². The molecule has 0 bridgehead atoms. The Balaban J connectivity index is 2.43. The molecule has 1 fully saturated rings. The lowest BCUT2D eigenvalue weighted by molar-refractivity contribution is -0.139. The number of carboxylic acid groups (broad SMARTS) is 1. The Kier molecular flexibility index (Phi) is 6.97. The molecule has 4 nitrogen and oxygen atoms in total. The van der Waals surface area contributed by atoms with E-state index in [4.69, 9.17) is 23.2 Å². The fraction of sp³-hybridized carbons (Fsp3) is 0.417. The zero-order chi connectivity index (χ0) is 25.6. The number of carboxylic acids is 1. The summed E-state index contributed by atoms with van der Waals surface area (Å²) in [6.45, 7) is 5.50. The average molecular weight is 517 g/mol. The minimum atomic E-state index is -4.87. The van der Waals surface area contributed by atoms with Crippen molar-refractivity contribution in [2.24, 2.45) is 5.41 Å². The van der Waals surface area contributed by atoms with Gasteiger partial charge in [-0.15, -0.1) is 0 Å². The van der Waals surface area contributed by atoms with Gasteiger partial charge in [0, 0.05) is 17.0 Å². The van der Waals surface area contributed by atoms with Crippen LogP contribution in [-0.4, -0.2) is 23.2 Å². The molecule has 0 amide bonds. The largest absolute Gasteiger partial charge is 0.480 e. The molecule has 0 radical (unpaired) electrons. The van der Waals surface area contributed by atoms with E-state index >= 15 is 0 Å². The van der Waals surface area contributed by atoms with E-state index in [1.165, 1.54) is 12.1 Å². The summed E-state index contributed by atoms with van der Waals surface area (Å²) in [6, 6.07) is 6.13. The van der Waals surface area contributed by atoms with Gasteiger partial charge in [-0.25, -0.2) is 4.39 Å². The highest BCUT2D eigenvalue weighted by Crippen LogP contribution is 2.54. The van der Waals surface area contributed by atoms with Gasteiger partial charge in [0.1, 0.15) is 17.3 Å². The van der Waals surface area contributed by atoms with Crippen LogP contribution in [0.4, 0.5) is 17.6 Å². The van der Waals surface area contributed by atoms with E-state index in [1.807, 2.05) is 20.8 Å². The van der Waals surface area contributed by atoms with Crippen LogP contribution in [0.15, 0.2) is 36.4 Å². The summed E-state index contributed by atoms with van der Waals surface area (Å²) < 4.78 is 56.5. The lowest BCUT2D eigenvalue weighted by atomic mass is 9.62. The maximum atomic E-state index is 14.2. The van der Waals surface area contributed by atoms with Crippen LogP contribution >= 0.6 is 23.2 Å². The lowest BCUT2D eigenvalue weighted by Gasteiger charge is -2.38. The second kappa shape index (κ2) is 9.03. The third-order valence-corrected chi connectivity index (χ3v) is 6.58. The summed E-state index contributed by atoms with van der Waals surface area (Å²) in [5.41, 5.74) is -3.88. The topological polar surface area (TPSA) is 73.1 Å². The van der Waals surface area contributed by atoms with Crippen LogP contribution in [0.25, 0.3) is 0 Å². The maximum absolute atomic E-state index is 14.2. The predicted octanol–water partition coefficient (Wildman–Crippen LogP) is 6.56. The molecule has 0 aliphatic carbocycles. The number of carbonyl (C=O) groups is 1. The summed E-state index contributed by atoms with van der Waals surface area (Å²) in [5, 5.41) is 23.0. The van der Waals surface area contributed by atoms with Crippen molar-refractivity contribution in [3.8, 4) is 6.07 Å². The summed E-state index contributed by atoms with van der Waals surface area (Å²) in [6.07, 6.45) is -4.70. The summed E-state index contributed by atoms with van der Waals surface area (Å²) in [7, 11) is 0. The Labute approximate surface area is 204 Å². The normalized spacial score (nSPS) is 25.2. The Hall–Kier alpha value is -2.34. The highest BCUT2D eigenvalue weighted by molar-refractivity contribution is 6.31. The molecular formula is C24H22Cl2F4N2O2. The first-order valence-corrected chi connectivity index (χ1v) is 11.1. The van der Waals surface area contributed by atoms with Gasteiger partial charge in [0.05, 0.1) is 16.7 Å². The van der Waals surface area contributed by atoms with E-state index in [-0.39, 0.29) is 22.0 Å². The van der Waals surface area contributed by atoms with E-state index in [0.29, 0.717) is 0 Å². The Morgan fingerprint density at radius 2 is 1.82 bits per heavy atom. The van der Waals surface area contributed by atoms with Crippen molar-refractivity contribution in [1.82, 2.24) is 5.32 Å². The number of rotatable bonds is 4. The molecule has 1 aliphatic rings. The second-order valence-corrected chi connectivity index (χ2v) is 10.5. The van der Waals surface area contributed by atoms with E-state index in [0.717, 1.165) is 24.3 Å². The summed E-state index contributed by atoms with van der Waals surface area (Å²) >= 11 is 11.8. The zero-order valence-corrected chi connectivity index (χ0v) is 20.0. The molecule has 10 heteroatoms. The predicted molar refractivity (Wildman–Crippen MR) is 120 cm³/mol. The standard InChI is InChI=1S/C24H22Cl2F4N2O2/c1-22(2,3)10-18-23(11-31,14-6-5-13(25)9-15(14)24(28,29)30)19(20(32-18)21(33)34)12-4-7-17(27)16(26)8-12/h4-9,18-20,32H,10H2,1-3H3,(H,33,34). The molecule has 1 heterocycles. The number of benzene rings is 2. The molecule has 4 unspecified atom stereocenters. The van der Waals surface area contributed by atoms with E-state index in [9.17, 15) is 32.7 Å². The lowest BCUT2D eigenvalue weighted by Crippen LogP contribution is -2.45. The zero-order valence-electron chi connectivity index (χ0n) is 18.5. The van der Waals surface area contributed by atoms with Crippen molar-refractivity contribution in [1.29, 1.82) is 5.26 Å². The van der Waals surface area contributed by atoms with E-state index in [2.05, 4.69) is 11.4 Å². The third-order valence-electron chi connectivity index (χ3n) is 6.06. The second-order valence-electron chi connectivity index (χ2n) is 9.62. The molecule has 2 aromatic carbocycles. The third kappa shape index (κ3) is 4.74. The van der Waals surface area contributed by atoms with Crippen LogP contribution < -0.4 is 5.32 Å². The molecule has 1 aliphatic heterocycles. The van der Waals surface area contributed by atoms with Gasteiger partial charge in [-0.3, -0.25) is 10.1 Å². The highest BCUT2D eigenvalue weighted by Gasteiger charge is 2.61. The van der Waals surface area contributed by atoms with Crippen molar-refractivity contribution < 1.29 is 27.5 Å². The molecule has 2 N–H and O–H groups in total. The first-order valence-electron chi connectivity index (χ1n) is 10.3. The number of nitriles is 1. The highest BCUT2D eigenvalue weighted by atomic mass is 35.5. The van der Waals surface area contributed by atoms with Crippen molar-refractivity contribution >= 4 is 29.2 Å². The van der Waals surface area contributed by atoms with Crippen LogP contribution in [0, 0.1) is 22.6 Å². The summed E-state index contributed by atoms with van der Waals surface area (Å²) in [5.74, 6) is -3.45. The fourth-order valence-corrected chi connectivity index (χ4v) is 5.17. The number of nitrogens with zero attached hydrogens (tertiary/aromatic N) is 1. The Bertz CT molecular complexity index is 1160. The molecule has 34 heavy (non-hydrogen) atoms. The average Bonchev–Trinajstić information content (AvgIpc) is 3.03. The smallest absolute Gasteiger partial charge is 0.416 e. The minimum absolute atomic E-state index is 0.132. The van der Waals surface area contributed by atoms with Crippen LogP contribution in [-0.2, 0) is 16.4 Å². The first-order chi connectivity index (χ1) is 15.6. The molecule has 1 saturated heterocycles. The van der Waals surface area contributed by atoms with Gasteiger partial charge in [-0.2, -0.15) is 18.4 Å². The number of aliphatic carboxylic acids is 1. The SMILES string of the molecule is CC(C)(C)CC1NC(C(=O)O)C(c2ccc(F)c(Cl)c2)C1(C#N)c1ccc(Cl)cc1C(F)(F)F. The number of alkyl halides is 3. The minimum Gasteiger partial charge on any atom is -0.480 e. The molecule has 3 rings (SSSR count). The van der Waals surface area contributed by atoms with Crippen molar-refractivity contribution in [2.45, 2.75) is 56.8 Å². The molecule has 2 aromatic rings. The van der Waals surface area contributed by atoms with Gasteiger partial charge in [0.2, 0.25) is 0 Å². The molecule has 182 valence electrons. The van der Waals surface area contributed by atoms with Gasteiger partial charge in [-0.05, 0) is 47.2 Å². The van der Waals surface area contributed by atoms with Crippen LogP contribution in [0.2, 0.25) is 10.0 Å². The number of halogens is 6. The van der Waals surface area contributed by atoms with Gasteiger partial charge in [0.25, 0.3) is 0 Å². The van der Waals surface area contributed by atoms with Crippen LogP contribution in [0.1, 0.15) is 49.8 Å². The Morgan fingerprint density at radius 1 is 1.18 bits per heavy atom. The molecular weight excluding hydrogens is 495 g/mol. The first kappa shape index (κ1) is 26.3. The Morgan fingerprint density at radius 3 is 2.32 bits per heavy atom. The molecule has 4 atom stereocenters. The molecule has 0 saturated carbocycles. The number of hydrogen-bond donors (Lipinski definition) is 2. The van der Waals surface area contributed by atoms with Crippen molar-refractivity contribution in [3.05, 3.63) is 69.0 Å². The van der Waals surface area contributed by atoms with Gasteiger partial charge in [0.15, 0.2) is 0 Å². The van der Waals surface area contributed by atoms with Crippen LogP contribution in [0.5, 0.6) is 0 Å². The number of nitrogens with one attached hydrogen (secondary N) is 1. The van der Waals surface area contributed by atoms with Gasteiger partial charge in [-0.1, -0.05) is 56.1 Å². The summed E-state index contributed by atoms with van der Waals surface area (Å²) in [4.78, 5) is 12.3. The fourth-order valence-electron chi connectivity index (χ4n) is 4.81. The monoisotopic (exact) mass is 516 g/mol. The van der Waals surface area contributed by atoms with Crippen molar-refractivity contribution in [3.63, 3.8) is 0 Å². The molecule has 0 spiro atoms. The van der Waals surface area contributed by atoms with Crippen molar-refractivity contribution in [2.75, 3.05) is 0 Å².